The van der Waals surface area contributed by atoms with Gasteiger partial charge in [-0.1, -0.05) is 31.4 Å². The molecule has 0 atom stereocenters. The lowest BCUT2D eigenvalue weighted by Gasteiger charge is -2.33. The van der Waals surface area contributed by atoms with Gasteiger partial charge in [0.25, 0.3) is 5.91 Å². The van der Waals surface area contributed by atoms with E-state index in [0.29, 0.717) is 31.2 Å². The summed E-state index contributed by atoms with van der Waals surface area (Å²) in [5, 5.41) is 6.17. The third-order valence-corrected chi connectivity index (χ3v) is 5.49. The highest BCUT2D eigenvalue weighted by Gasteiger charge is 2.25. The highest BCUT2D eigenvalue weighted by molar-refractivity contribution is 5.94. The summed E-state index contributed by atoms with van der Waals surface area (Å²) < 4.78 is 0. The van der Waals surface area contributed by atoms with E-state index in [1.807, 2.05) is 29.2 Å². The summed E-state index contributed by atoms with van der Waals surface area (Å²) >= 11 is 0. The Labute approximate surface area is 167 Å². The lowest BCUT2D eigenvalue weighted by molar-refractivity contribution is 0.0708. The first-order chi connectivity index (χ1) is 12.7. The van der Waals surface area contributed by atoms with Gasteiger partial charge in [0, 0.05) is 37.3 Å². The highest BCUT2D eigenvalue weighted by atomic mass is 35.5. The van der Waals surface area contributed by atoms with E-state index in [9.17, 15) is 9.59 Å². The van der Waals surface area contributed by atoms with E-state index in [0.717, 1.165) is 31.2 Å². The van der Waals surface area contributed by atoms with E-state index in [1.54, 1.807) is 0 Å². The van der Waals surface area contributed by atoms with Gasteiger partial charge in [0.2, 0.25) is 0 Å². The van der Waals surface area contributed by atoms with E-state index in [2.05, 4.69) is 10.6 Å². The average molecular weight is 395 g/mol. The summed E-state index contributed by atoms with van der Waals surface area (Å²) in [4.78, 5) is 26.6. The lowest BCUT2D eigenvalue weighted by atomic mass is 9.96. The van der Waals surface area contributed by atoms with Gasteiger partial charge in [-0.2, -0.15) is 0 Å². The summed E-state index contributed by atoms with van der Waals surface area (Å²) in [6.45, 7) is 1.83. The van der Waals surface area contributed by atoms with Crippen LogP contribution in [0.4, 0.5) is 4.79 Å². The molecule has 1 saturated heterocycles. The zero-order valence-electron chi connectivity index (χ0n) is 15.8. The maximum Gasteiger partial charge on any atom is 0.315 e. The van der Waals surface area contributed by atoms with Crippen LogP contribution < -0.4 is 16.4 Å². The average Bonchev–Trinajstić information content (AvgIpc) is 2.69. The van der Waals surface area contributed by atoms with Crippen molar-refractivity contribution in [3.63, 3.8) is 0 Å². The summed E-state index contributed by atoms with van der Waals surface area (Å²) in [6.07, 6.45) is 7.46. The maximum atomic E-state index is 12.6. The molecule has 27 heavy (non-hydrogen) atoms. The number of amides is 3. The smallest absolute Gasteiger partial charge is 0.315 e. The first kappa shape index (κ1) is 21.5. The van der Waals surface area contributed by atoms with Gasteiger partial charge >= 0.3 is 6.03 Å². The number of nitrogens with zero attached hydrogens (tertiary/aromatic N) is 1. The van der Waals surface area contributed by atoms with Crippen LogP contribution in [-0.2, 0) is 6.54 Å². The van der Waals surface area contributed by atoms with Crippen molar-refractivity contribution in [1.82, 2.24) is 15.5 Å². The molecule has 1 saturated carbocycles. The highest BCUT2D eigenvalue weighted by Crippen LogP contribution is 2.18. The summed E-state index contributed by atoms with van der Waals surface area (Å²) in [7, 11) is 0. The van der Waals surface area contributed by atoms with Crippen molar-refractivity contribution in [3.8, 4) is 0 Å². The molecule has 3 rings (SSSR count). The minimum atomic E-state index is -0.0564. The van der Waals surface area contributed by atoms with Crippen LogP contribution in [0.3, 0.4) is 0 Å². The van der Waals surface area contributed by atoms with E-state index in [1.165, 1.54) is 19.3 Å². The third kappa shape index (κ3) is 6.11. The molecule has 1 aliphatic heterocycles. The number of piperidine rings is 1. The number of carbonyl (C=O) groups excluding carboxylic acids is 2. The normalized spacial score (nSPS) is 18.5. The second-order valence-electron chi connectivity index (χ2n) is 7.42. The Balaban J connectivity index is 0.00000261. The molecule has 1 heterocycles. The molecule has 1 aromatic rings. The molecule has 0 unspecified atom stereocenters. The summed E-state index contributed by atoms with van der Waals surface area (Å²) in [5.74, 6) is 0.0543. The van der Waals surface area contributed by atoms with E-state index < -0.39 is 0 Å². The van der Waals surface area contributed by atoms with Crippen LogP contribution in [0.1, 0.15) is 60.9 Å². The fourth-order valence-corrected chi connectivity index (χ4v) is 3.85. The molecule has 0 spiro atoms. The monoisotopic (exact) mass is 394 g/mol. The maximum absolute atomic E-state index is 12.6. The molecular weight excluding hydrogens is 364 g/mol. The van der Waals surface area contributed by atoms with E-state index >= 15 is 0 Å². The Morgan fingerprint density at radius 2 is 1.48 bits per heavy atom. The van der Waals surface area contributed by atoms with Crippen molar-refractivity contribution in [2.45, 2.75) is 63.6 Å². The molecule has 3 amide bonds. The summed E-state index contributed by atoms with van der Waals surface area (Å²) in [5.41, 5.74) is 7.32. The van der Waals surface area contributed by atoms with Crippen LogP contribution in [0.15, 0.2) is 24.3 Å². The molecule has 0 bridgehead atoms. The molecule has 7 heteroatoms. The number of rotatable bonds is 4. The number of urea groups is 1. The number of hydrogen-bond acceptors (Lipinski definition) is 3. The van der Waals surface area contributed by atoms with Crippen LogP contribution in [0.2, 0.25) is 0 Å². The van der Waals surface area contributed by atoms with Crippen molar-refractivity contribution < 1.29 is 9.59 Å². The first-order valence-electron chi connectivity index (χ1n) is 9.81. The molecule has 150 valence electrons. The molecular formula is C20H31ClN4O2. The van der Waals surface area contributed by atoms with Gasteiger partial charge in [-0.05, 0) is 43.4 Å². The third-order valence-electron chi connectivity index (χ3n) is 5.49. The quantitative estimate of drug-likeness (QED) is 0.733. The Hall–Kier alpha value is -1.79. The fourth-order valence-electron chi connectivity index (χ4n) is 3.85. The minimum Gasteiger partial charge on any atom is -0.338 e. The molecule has 2 fully saturated rings. The van der Waals surface area contributed by atoms with Gasteiger partial charge in [-0.25, -0.2) is 4.79 Å². The van der Waals surface area contributed by atoms with Gasteiger partial charge in [-0.3, -0.25) is 4.79 Å². The Morgan fingerprint density at radius 1 is 0.926 bits per heavy atom. The van der Waals surface area contributed by atoms with Crippen LogP contribution in [0, 0.1) is 0 Å². The van der Waals surface area contributed by atoms with Gasteiger partial charge in [0.05, 0.1) is 0 Å². The second kappa shape index (κ2) is 10.5. The molecule has 1 aliphatic carbocycles. The van der Waals surface area contributed by atoms with Crippen molar-refractivity contribution in [2.75, 3.05) is 13.1 Å². The van der Waals surface area contributed by atoms with Gasteiger partial charge in [-0.15, -0.1) is 12.4 Å². The van der Waals surface area contributed by atoms with Crippen molar-refractivity contribution >= 4 is 24.3 Å². The Morgan fingerprint density at radius 3 is 2.04 bits per heavy atom. The topological polar surface area (TPSA) is 87.5 Å². The molecule has 1 aromatic carbocycles. The molecule has 2 aliphatic rings. The number of likely N-dealkylation sites (tertiary alicyclic amines) is 1. The molecule has 4 N–H and O–H groups in total. The van der Waals surface area contributed by atoms with E-state index in [-0.39, 0.29) is 30.4 Å². The van der Waals surface area contributed by atoms with Gasteiger partial charge in [0.15, 0.2) is 0 Å². The number of nitrogens with two attached hydrogens (primary N) is 1. The number of carbonyl (C=O) groups is 2. The Kier molecular flexibility index (Phi) is 8.38. The molecule has 6 nitrogen and oxygen atoms in total. The first-order valence-corrected chi connectivity index (χ1v) is 9.81. The second-order valence-corrected chi connectivity index (χ2v) is 7.42. The predicted molar refractivity (Wildman–Crippen MR) is 109 cm³/mol. The van der Waals surface area contributed by atoms with Crippen LogP contribution in [-0.4, -0.2) is 42.0 Å². The number of halogens is 1. The number of benzene rings is 1. The molecule has 0 radical (unpaired) electrons. The number of nitrogens with one attached hydrogen (secondary N) is 2. The SMILES string of the molecule is Cl.NCc1ccc(C(=O)N2CCC(NC(=O)NC3CCCCC3)CC2)cc1. The largest absolute Gasteiger partial charge is 0.338 e. The van der Waals surface area contributed by atoms with Crippen LogP contribution in [0.5, 0.6) is 0 Å². The molecule has 0 aromatic heterocycles. The predicted octanol–water partition coefficient (Wildman–Crippen LogP) is 2.80. The van der Waals surface area contributed by atoms with Gasteiger partial charge < -0.3 is 21.3 Å². The van der Waals surface area contributed by atoms with E-state index in [4.69, 9.17) is 5.73 Å². The Bertz CT molecular complexity index is 609. The number of hydrogen-bond donors (Lipinski definition) is 3. The minimum absolute atomic E-state index is 0. The zero-order chi connectivity index (χ0) is 18.4. The van der Waals surface area contributed by atoms with Crippen molar-refractivity contribution in [2.24, 2.45) is 5.73 Å². The zero-order valence-corrected chi connectivity index (χ0v) is 16.6. The van der Waals surface area contributed by atoms with Crippen LogP contribution in [0.25, 0.3) is 0 Å². The fraction of sp³-hybridized carbons (Fsp3) is 0.600. The van der Waals surface area contributed by atoms with Crippen molar-refractivity contribution in [3.05, 3.63) is 35.4 Å². The van der Waals surface area contributed by atoms with Crippen LogP contribution >= 0.6 is 12.4 Å². The summed E-state index contributed by atoms with van der Waals surface area (Å²) in [6, 6.07) is 7.89. The lowest BCUT2D eigenvalue weighted by Crippen LogP contribution is -2.51. The van der Waals surface area contributed by atoms with Gasteiger partial charge in [0.1, 0.15) is 0 Å². The van der Waals surface area contributed by atoms with Crippen molar-refractivity contribution in [1.29, 1.82) is 0 Å². The standard InChI is InChI=1S/C20H30N4O2.ClH/c21-14-15-6-8-16(9-7-15)19(25)24-12-10-18(11-13-24)23-20(26)22-17-4-2-1-3-5-17;/h6-9,17-18H,1-5,10-14,21H2,(H2,22,23,26);1H.